The highest BCUT2D eigenvalue weighted by atomic mass is 35.5. The maximum atomic E-state index is 9.02. The summed E-state index contributed by atoms with van der Waals surface area (Å²) >= 11 is 5.55. The van der Waals surface area contributed by atoms with E-state index in [1.54, 1.807) is 0 Å². The average molecular weight is 159 g/mol. The number of aromatic hydroxyl groups is 1. The smallest absolute Gasteiger partial charge is 0.161 e. The quantitative estimate of drug-likeness (QED) is 0.393. The van der Waals surface area contributed by atoms with Gasteiger partial charge in [-0.25, -0.2) is 0 Å². The Morgan fingerprint density at radius 1 is 1.20 bits per heavy atom. The van der Waals surface area contributed by atoms with Gasteiger partial charge in [0, 0.05) is 5.02 Å². The molecule has 0 unspecified atom stereocenters. The number of rotatable bonds is 0. The normalized spacial score (nSPS) is 9.70. The van der Waals surface area contributed by atoms with Crippen LogP contribution in [0.25, 0.3) is 0 Å². The molecule has 0 spiro atoms. The van der Waals surface area contributed by atoms with Gasteiger partial charge in [-0.1, -0.05) is 11.6 Å². The van der Waals surface area contributed by atoms with E-state index in [0.717, 1.165) is 0 Å². The van der Waals surface area contributed by atoms with Crippen LogP contribution in [0, 0.1) is 0 Å². The summed E-state index contributed by atoms with van der Waals surface area (Å²) < 4.78 is 0. The third-order valence-electron chi connectivity index (χ3n) is 1.13. The van der Waals surface area contributed by atoms with Crippen molar-refractivity contribution in [3.05, 3.63) is 17.2 Å². The van der Waals surface area contributed by atoms with Gasteiger partial charge in [0.25, 0.3) is 0 Å². The van der Waals surface area contributed by atoms with Gasteiger partial charge in [-0.3, -0.25) is 0 Å². The number of benzene rings is 1. The molecular weight excluding hydrogens is 152 g/mol. The van der Waals surface area contributed by atoms with Crippen molar-refractivity contribution in [3.63, 3.8) is 0 Å². The lowest BCUT2D eigenvalue weighted by molar-refractivity contribution is 0.480. The molecule has 1 aromatic carbocycles. The van der Waals surface area contributed by atoms with Crippen molar-refractivity contribution in [1.82, 2.24) is 0 Å². The van der Waals surface area contributed by atoms with E-state index < -0.39 is 0 Å². The Labute approximate surface area is 63.2 Å². The highest BCUT2D eigenvalue weighted by molar-refractivity contribution is 6.31. The Morgan fingerprint density at radius 2 is 1.60 bits per heavy atom. The molecule has 54 valence electrons. The van der Waals surface area contributed by atoms with Gasteiger partial charge >= 0.3 is 0 Å². The number of hydrogen-bond acceptors (Lipinski definition) is 3. The summed E-state index contributed by atoms with van der Waals surface area (Å²) in [6, 6.07) is 2.88. The average Bonchev–Trinajstić information content (AvgIpc) is 1.82. The Bertz CT molecular complexity index is 239. The molecule has 0 heterocycles. The van der Waals surface area contributed by atoms with Gasteiger partial charge in [-0.2, -0.15) is 0 Å². The lowest BCUT2D eigenvalue weighted by Crippen LogP contribution is -1.91. The first-order valence-electron chi connectivity index (χ1n) is 2.64. The molecule has 0 fully saturated rings. The van der Waals surface area contributed by atoms with Gasteiger partial charge < -0.3 is 16.6 Å². The van der Waals surface area contributed by atoms with Crippen LogP contribution in [0.5, 0.6) is 5.75 Å². The molecule has 4 heteroatoms. The minimum absolute atomic E-state index is 0.107. The molecule has 0 saturated carbocycles. The Hall–Kier alpha value is -1.09. The van der Waals surface area contributed by atoms with Crippen molar-refractivity contribution in [1.29, 1.82) is 0 Å². The zero-order chi connectivity index (χ0) is 7.72. The minimum atomic E-state index is -0.107. The number of nitrogen functional groups attached to an aromatic ring is 2. The summed E-state index contributed by atoms with van der Waals surface area (Å²) in [5.74, 6) is -0.107. The van der Waals surface area contributed by atoms with E-state index >= 15 is 0 Å². The zero-order valence-electron chi connectivity index (χ0n) is 5.13. The largest absolute Gasteiger partial charge is 0.504 e. The van der Waals surface area contributed by atoms with E-state index in [1.165, 1.54) is 12.1 Å². The molecule has 0 amide bonds. The number of nitrogens with two attached hydrogens (primary N) is 2. The standard InChI is InChI=1S/C6H7ClN2O/c7-3-1-4(8)6(10)5(9)2-3/h1-2,10H,8-9H2. The third kappa shape index (κ3) is 1.09. The van der Waals surface area contributed by atoms with Gasteiger partial charge in [0.05, 0.1) is 11.4 Å². The van der Waals surface area contributed by atoms with E-state index in [0.29, 0.717) is 5.02 Å². The second kappa shape index (κ2) is 2.27. The fourth-order valence-electron chi connectivity index (χ4n) is 0.642. The summed E-state index contributed by atoms with van der Waals surface area (Å²) in [6.45, 7) is 0. The highest BCUT2D eigenvalue weighted by Crippen LogP contribution is 2.30. The summed E-state index contributed by atoms with van der Waals surface area (Å²) in [5.41, 5.74) is 11.0. The third-order valence-corrected chi connectivity index (χ3v) is 1.35. The van der Waals surface area contributed by atoms with Crippen LogP contribution in [-0.4, -0.2) is 5.11 Å². The topological polar surface area (TPSA) is 72.3 Å². The summed E-state index contributed by atoms with van der Waals surface area (Å²) in [6.07, 6.45) is 0. The van der Waals surface area contributed by atoms with Crippen molar-refractivity contribution in [2.24, 2.45) is 0 Å². The molecule has 10 heavy (non-hydrogen) atoms. The van der Waals surface area contributed by atoms with Crippen LogP contribution in [0.15, 0.2) is 12.1 Å². The number of halogens is 1. The molecule has 0 bridgehead atoms. The lowest BCUT2D eigenvalue weighted by atomic mass is 10.2. The van der Waals surface area contributed by atoms with E-state index in [2.05, 4.69) is 0 Å². The zero-order valence-corrected chi connectivity index (χ0v) is 5.89. The van der Waals surface area contributed by atoms with Crippen LogP contribution >= 0.6 is 11.6 Å². The fraction of sp³-hybridized carbons (Fsp3) is 0. The van der Waals surface area contributed by atoms with Crippen LogP contribution in [0.4, 0.5) is 11.4 Å². The maximum Gasteiger partial charge on any atom is 0.161 e. The first-order chi connectivity index (χ1) is 4.61. The molecule has 0 aromatic heterocycles. The summed E-state index contributed by atoms with van der Waals surface area (Å²) in [4.78, 5) is 0. The second-order valence-electron chi connectivity index (χ2n) is 1.93. The first kappa shape index (κ1) is 7.02. The molecule has 0 radical (unpaired) electrons. The van der Waals surface area contributed by atoms with Gasteiger partial charge in [0.2, 0.25) is 0 Å². The molecule has 0 aliphatic heterocycles. The summed E-state index contributed by atoms with van der Waals surface area (Å²) in [5, 5.41) is 9.45. The van der Waals surface area contributed by atoms with Crippen LogP contribution in [-0.2, 0) is 0 Å². The molecule has 0 aliphatic carbocycles. The van der Waals surface area contributed by atoms with Gasteiger partial charge in [0.15, 0.2) is 5.75 Å². The van der Waals surface area contributed by atoms with Crippen molar-refractivity contribution in [2.75, 3.05) is 11.5 Å². The molecular formula is C6H7ClN2O. The molecule has 1 aromatic rings. The van der Waals surface area contributed by atoms with E-state index in [1.807, 2.05) is 0 Å². The minimum Gasteiger partial charge on any atom is -0.504 e. The SMILES string of the molecule is Nc1cc(Cl)cc(N)c1O. The Balaban J connectivity index is 3.31. The van der Waals surface area contributed by atoms with Gasteiger partial charge in [0.1, 0.15) is 0 Å². The van der Waals surface area contributed by atoms with Crippen molar-refractivity contribution in [3.8, 4) is 5.75 Å². The van der Waals surface area contributed by atoms with Crippen LogP contribution in [0.1, 0.15) is 0 Å². The predicted octanol–water partition coefficient (Wildman–Crippen LogP) is 1.21. The van der Waals surface area contributed by atoms with Crippen molar-refractivity contribution < 1.29 is 5.11 Å². The monoisotopic (exact) mass is 158 g/mol. The number of phenolic OH excluding ortho intramolecular Hbond substituents is 1. The van der Waals surface area contributed by atoms with Gasteiger partial charge in [-0.05, 0) is 12.1 Å². The lowest BCUT2D eigenvalue weighted by Gasteiger charge is -2.01. The summed E-state index contributed by atoms with van der Waals surface area (Å²) in [7, 11) is 0. The Morgan fingerprint density at radius 3 is 2.00 bits per heavy atom. The molecule has 5 N–H and O–H groups in total. The predicted molar refractivity (Wildman–Crippen MR) is 41.9 cm³/mol. The first-order valence-corrected chi connectivity index (χ1v) is 3.02. The Kier molecular flexibility index (Phi) is 1.59. The van der Waals surface area contributed by atoms with Crippen molar-refractivity contribution >= 4 is 23.0 Å². The van der Waals surface area contributed by atoms with E-state index in [4.69, 9.17) is 28.2 Å². The van der Waals surface area contributed by atoms with Crippen molar-refractivity contribution in [2.45, 2.75) is 0 Å². The van der Waals surface area contributed by atoms with E-state index in [-0.39, 0.29) is 17.1 Å². The molecule has 0 atom stereocenters. The van der Waals surface area contributed by atoms with Crippen LogP contribution < -0.4 is 11.5 Å². The van der Waals surface area contributed by atoms with Crippen LogP contribution in [0.2, 0.25) is 5.02 Å². The van der Waals surface area contributed by atoms with E-state index in [9.17, 15) is 0 Å². The molecule has 3 nitrogen and oxygen atoms in total. The van der Waals surface area contributed by atoms with Crippen LogP contribution in [0.3, 0.4) is 0 Å². The molecule has 0 saturated heterocycles. The molecule has 1 rings (SSSR count). The van der Waals surface area contributed by atoms with Gasteiger partial charge in [-0.15, -0.1) is 0 Å². The number of phenols is 1. The number of hydrogen-bond donors (Lipinski definition) is 3. The highest BCUT2D eigenvalue weighted by Gasteiger charge is 2.01. The number of anilines is 2. The maximum absolute atomic E-state index is 9.02. The fourth-order valence-corrected chi connectivity index (χ4v) is 0.877. The molecule has 0 aliphatic rings. The second-order valence-corrected chi connectivity index (χ2v) is 2.37.